The molecule has 1 aliphatic carbocycles. The molecule has 0 spiro atoms. The van der Waals surface area contributed by atoms with Crippen molar-refractivity contribution in [3.05, 3.63) is 11.6 Å². The third-order valence-electron chi connectivity index (χ3n) is 3.36. The summed E-state index contributed by atoms with van der Waals surface area (Å²) in [4.78, 5) is 11.5. The molecule has 1 aliphatic rings. The Labute approximate surface area is 111 Å². The van der Waals surface area contributed by atoms with Crippen molar-refractivity contribution in [2.45, 2.75) is 58.8 Å². The van der Waals surface area contributed by atoms with Gasteiger partial charge in [0.2, 0.25) is 0 Å². The molecule has 2 N–H and O–H groups in total. The van der Waals surface area contributed by atoms with Crippen molar-refractivity contribution >= 4 is 6.03 Å². The first kappa shape index (κ1) is 15.1. The summed E-state index contributed by atoms with van der Waals surface area (Å²) in [5.74, 6) is 0.716. The van der Waals surface area contributed by atoms with Gasteiger partial charge in [0.1, 0.15) is 0 Å². The Morgan fingerprint density at radius 2 is 2.06 bits per heavy atom. The first-order valence-corrected chi connectivity index (χ1v) is 7.38. The van der Waals surface area contributed by atoms with E-state index in [2.05, 4.69) is 30.6 Å². The van der Waals surface area contributed by atoms with Crippen LogP contribution in [0.4, 0.5) is 4.79 Å². The van der Waals surface area contributed by atoms with Gasteiger partial charge in [-0.05, 0) is 50.9 Å². The van der Waals surface area contributed by atoms with Crippen molar-refractivity contribution in [1.29, 1.82) is 0 Å². The van der Waals surface area contributed by atoms with E-state index in [4.69, 9.17) is 0 Å². The molecule has 2 amide bonds. The fourth-order valence-electron chi connectivity index (χ4n) is 2.24. The number of carbonyl (C=O) groups is 1. The molecule has 0 saturated carbocycles. The Kier molecular flexibility index (Phi) is 7.54. The van der Waals surface area contributed by atoms with Crippen molar-refractivity contribution in [3.8, 4) is 0 Å². The van der Waals surface area contributed by atoms with Gasteiger partial charge >= 0.3 is 6.03 Å². The molecule has 0 aromatic carbocycles. The smallest absolute Gasteiger partial charge is 0.314 e. The fraction of sp³-hybridized carbons (Fsp3) is 0.800. The Hall–Kier alpha value is -0.990. The van der Waals surface area contributed by atoms with Crippen LogP contribution < -0.4 is 10.6 Å². The normalized spacial score (nSPS) is 15.4. The summed E-state index contributed by atoms with van der Waals surface area (Å²) in [6.45, 7) is 5.96. The molecular weight excluding hydrogens is 224 g/mol. The molecule has 0 fully saturated rings. The summed E-state index contributed by atoms with van der Waals surface area (Å²) >= 11 is 0. The molecule has 104 valence electrons. The van der Waals surface area contributed by atoms with Gasteiger partial charge in [-0.2, -0.15) is 0 Å². The van der Waals surface area contributed by atoms with Crippen LogP contribution in [0.1, 0.15) is 58.8 Å². The van der Waals surface area contributed by atoms with Gasteiger partial charge in [0.15, 0.2) is 0 Å². The number of rotatable bonds is 7. The van der Waals surface area contributed by atoms with Crippen LogP contribution in [0.25, 0.3) is 0 Å². The second-order valence-electron chi connectivity index (χ2n) is 5.58. The van der Waals surface area contributed by atoms with Gasteiger partial charge in [-0.1, -0.05) is 25.5 Å². The quantitative estimate of drug-likeness (QED) is 0.527. The largest absolute Gasteiger partial charge is 0.338 e. The highest BCUT2D eigenvalue weighted by molar-refractivity contribution is 5.73. The van der Waals surface area contributed by atoms with Gasteiger partial charge < -0.3 is 10.6 Å². The maximum atomic E-state index is 11.5. The molecule has 0 heterocycles. The van der Waals surface area contributed by atoms with Crippen LogP contribution in [0.2, 0.25) is 0 Å². The van der Waals surface area contributed by atoms with E-state index >= 15 is 0 Å². The predicted molar refractivity (Wildman–Crippen MR) is 76.6 cm³/mol. The number of urea groups is 1. The van der Waals surface area contributed by atoms with Crippen LogP contribution in [0.3, 0.4) is 0 Å². The van der Waals surface area contributed by atoms with Crippen LogP contribution in [0.5, 0.6) is 0 Å². The average Bonchev–Trinajstić information content (AvgIpc) is 2.36. The molecule has 0 aromatic heterocycles. The van der Waals surface area contributed by atoms with Crippen molar-refractivity contribution in [3.63, 3.8) is 0 Å². The number of carbonyl (C=O) groups excluding carboxylic acids is 1. The van der Waals surface area contributed by atoms with Gasteiger partial charge in [0.05, 0.1) is 0 Å². The lowest BCUT2D eigenvalue weighted by atomic mass is 9.97. The minimum atomic E-state index is -0.0184. The van der Waals surface area contributed by atoms with E-state index in [1.807, 2.05) is 0 Å². The van der Waals surface area contributed by atoms with Crippen LogP contribution >= 0.6 is 0 Å². The molecule has 0 radical (unpaired) electrons. The first-order chi connectivity index (χ1) is 8.68. The molecule has 1 rings (SSSR count). The van der Waals surface area contributed by atoms with E-state index in [0.29, 0.717) is 5.92 Å². The van der Waals surface area contributed by atoms with Gasteiger partial charge in [-0.15, -0.1) is 0 Å². The van der Waals surface area contributed by atoms with E-state index in [0.717, 1.165) is 25.9 Å². The molecule has 18 heavy (non-hydrogen) atoms. The molecule has 0 aliphatic heterocycles. The Morgan fingerprint density at radius 1 is 1.28 bits per heavy atom. The average molecular weight is 252 g/mol. The SMILES string of the molecule is CC(C)CCCNC(=O)NCCC1=CCCCC1. The Morgan fingerprint density at radius 3 is 2.72 bits per heavy atom. The monoisotopic (exact) mass is 252 g/mol. The lowest BCUT2D eigenvalue weighted by molar-refractivity contribution is 0.240. The third-order valence-corrected chi connectivity index (χ3v) is 3.36. The summed E-state index contributed by atoms with van der Waals surface area (Å²) in [6, 6.07) is -0.0184. The number of hydrogen-bond acceptors (Lipinski definition) is 1. The maximum Gasteiger partial charge on any atom is 0.314 e. The number of hydrogen-bond donors (Lipinski definition) is 2. The molecule has 0 atom stereocenters. The third kappa shape index (κ3) is 7.36. The van der Waals surface area contributed by atoms with Crippen molar-refractivity contribution in [1.82, 2.24) is 10.6 Å². The fourth-order valence-corrected chi connectivity index (χ4v) is 2.24. The molecule has 0 unspecified atom stereocenters. The highest BCUT2D eigenvalue weighted by atomic mass is 16.2. The lowest BCUT2D eigenvalue weighted by Gasteiger charge is -2.13. The number of allylic oxidation sites excluding steroid dienone is 1. The van der Waals surface area contributed by atoms with E-state index in [1.165, 1.54) is 37.7 Å². The lowest BCUT2D eigenvalue weighted by Crippen LogP contribution is -2.36. The van der Waals surface area contributed by atoms with Crippen molar-refractivity contribution in [2.75, 3.05) is 13.1 Å². The predicted octanol–water partition coefficient (Wildman–Crippen LogP) is 3.61. The van der Waals surface area contributed by atoms with E-state index in [1.54, 1.807) is 0 Å². The highest BCUT2D eigenvalue weighted by Crippen LogP contribution is 2.19. The zero-order valence-corrected chi connectivity index (χ0v) is 11.9. The molecular formula is C15H28N2O. The van der Waals surface area contributed by atoms with Gasteiger partial charge in [0, 0.05) is 13.1 Å². The van der Waals surface area contributed by atoms with Crippen LogP contribution in [0.15, 0.2) is 11.6 Å². The second kappa shape index (κ2) is 9.01. The number of amides is 2. The van der Waals surface area contributed by atoms with Gasteiger partial charge in [0.25, 0.3) is 0 Å². The summed E-state index contributed by atoms with van der Waals surface area (Å²) in [6.07, 6.45) is 10.7. The van der Waals surface area contributed by atoms with Gasteiger partial charge in [-0.3, -0.25) is 0 Å². The van der Waals surface area contributed by atoms with Crippen molar-refractivity contribution < 1.29 is 4.79 Å². The summed E-state index contributed by atoms with van der Waals surface area (Å²) in [7, 11) is 0. The summed E-state index contributed by atoms with van der Waals surface area (Å²) in [5, 5.41) is 5.83. The van der Waals surface area contributed by atoms with E-state index in [-0.39, 0.29) is 6.03 Å². The van der Waals surface area contributed by atoms with E-state index in [9.17, 15) is 4.79 Å². The van der Waals surface area contributed by atoms with Gasteiger partial charge in [-0.25, -0.2) is 4.79 Å². The van der Waals surface area contributed by atoms with E-state index < -0.39 is 0 Å². The second-order valence-corrected chi connectivity index (χ2v) is 5.58. The van der Waals surface area contributed by atoms with Crippen LogP contribution in [0, 0.1) is 5.92 Å². The van der Waals surface area contributed by atoms with Crippen LogP contribution in [-0.4, -0.2) is 19.1 Å². The summed E-state index contributed by atoms with van der Waals surface area (Å²) in [5.41, 5.74) is 1.52. The zero-order chi connectivity index (χ0) is 13.2. The van der Waals surface area contributed by atoms with Crippen LogP contribution in [-0.2, 0) is 0 Å². The standard InChI is InChI=1S/C15H28N2O/c1-13(2)7-6-11-16-15(18)17-12-10-14-8-4-3-5-9-14/h8,13H,3-7,9-12H2,1-2H3,(H2,16,17,18). The Bertz CT molecular complexity index is 272. The topological polar surface area (TPSA) is 41.1 Å². The molecule has 0 saturated heterocycles. The first-order valence-electron chi connectivity index (χ1n) is 7.38. The minimum Gasteiger partial charge on any atom is -0.338 e. The van der Waals surface area contributed by atoms with Crippen molar-refractivity contribution in [2.24, 2.45) is 5.92 Å². The maximum absolute atomic E-state index is 11.5. The molecule has 3 nitrogen and oxygen atoms in total. The molecule has 0 aromatic rings. The molecule has 3 heteroatoms. The Balaban J connectivity index is 1.98. The zero-order valence-electron chi connectivity index (χ0n) is 11.9. The summed E-state index contributed by atoms with van der Waals surface area (Å²) < 4.78 is 0. The number of nitrogens with one attached hydrogen (secondary N) is 2. The minimum absolute atomic E-state index is 0.0184. The highest BCUT2D eigenvalue weighted by Gasteiger charge is 2.04. The molecule has 0 bridgehead atoms.